The zero-order valence-electron chi connectivity index (χ0n) is 13.8. The van der Waals surface area contributed by atoms with E-state index in [1.165, 1.54) is 36.4 Å². The van der Waals surface area contributed by atoms with Gasteiger partial charge in [-0.05, 0) is 30.2 Å². The summed E-state index contributed by atoms with van der Waals surface area (Å²) in [4.78, 5) is 12.1. The molecule has 0 radical (unpaired) electrons. The second-order valence-electron chi connectivity index (χ2n) is 5.51. The third-order valence-corrected chi connectivity index (χ3v) is 3.78. The second kappa shape index (κ2) is 8.27. The number of hydrogen-bond acceptors (Lipinski definition) is 4. The summed E-state index contributed by atoms with van der Waals surface area (Å²) >= 11 is 6.17. The van der Waals surface area contributed by atoms with E-state index in [4.69, 9.17) is 11.6 Å². The zero-order valence-corrected chi connectivity index (χ0v) is 14.5. The number of nitro groups is 1. The summed E-state index contributed by atoms with van der Waals surface area (Å²) in [5.41, 5.74) is 1.03. The highest BCUT2D eigenvalue weighted by Crippen LogP contribution is 2.31. The molecule has 26 heavy (non-hydrogen) atoms. The van der Waals surface area contributed by atoms with E-state index in [9.17, 15) is 23.3 Å². The molecule has 0 heterocycles. The Hall–Kier alpha value is -2.48. The van der Waals surface area contributed by atoms with Gasteiger partial charge < -0.3 is 9.64 Å². The van der Waals surface area contributed by atoms with Crippen LogP contribution < -0.4 is 9.64 Å². The molecule has 0 aliphatic heterocycles. The molecule has 0 aliphatic rings. The van der Waals surface area contributed by atoms with Crippen LogP contribution in [0.25, 0.3) is 0 Å². The lowest BCUT2D eigenvalue weighted by atomic mass is 10.1. The molecular formula is C17H16ClF3N2O3. The fourth-order valence-corrected chi connectivity index (χ4v) is 2.78. The van der Waals surface area contributed by atoms with E-state index in [0.29, 0.717) is 17.8 Å². The first-order valence-electron chi connectivity index (χ1n) is 7.73. The first kappa shape index (κ1) is 19.8. The smallest absolute Gasteiger partial charge is 0.406 e. The first-order chi connectivity index (χ1) is 12.2. The Bertz CT molecular complexity index is 784. The third-order valence-electron chi connectivity index (χ3n) is 3.48. The van der Waals surface area contributed by atoms with Crippen LogP contribution in [0.1, 0.15) is 18.9 Å². The monoisotopic (exact) mass is 388 g/mol. The van der Waals surface area contributed by atoms with Crippen molar-refractivity contribution in [2.75, 3.05) is 11.4 Å². The number of alkyl halides is 3. The molecule has 0 spiro atoms. The Labute approximate surface area is 153 Å². The highest BCUT2D eigenvalue weighted by Gasteiger charge is 2.31. The molecule has 140 valence electrons. The molecule has 5 nitrogen and oxygen atoms in total. The quantitative estimate of drug-likeness (QED) is 0.460. The van der Waals surface area contributed by atoms with E-state index in [2.05, 4.69) is 4.74 Å². The van der Waals surface area contributed by atoms with Crippen LogP contribution in [0.2, 0.25) is 5.02 Å². The molecule has 2 rings (SSSR count). The summed E-state index contributed by atoms with van der Waals surface area (Å²) in [6.07, 6.45) is -4.00. The van der Waals surface area contributed by atoms with Crippen molar-refractivity contribution < 1.29 is 22.8 Å². The number of rotatable bonds is 7. The van der Waals surface area contributed by atoms with Crippen LogP contribution in [-0.4, -0.2) is 17.8 Å². The average molecular weight is 389 g/mol. The van der Waals surface area contributed by atoms with Crippen LogP contribution in [0.15, 0.2) is 42.5 Å². The van der Waals surface area contributed by atoms with Gasteiger partial charge in [0.05, 0.1) is 15.6 Å². The van der Waals surface area contributed by atoms with E-state index < -0.39 is 11.3 Å². The van der Waals surface area contributed by atoms with Gasteiger partial charge in [0.2, 0.25) is 0 Å². The molecule has 0 aromatic heterocycles. The van der Waals surface area contributed by atoms with Crippen LogP contribution in [0.3, 0.4) is 0 Å². The first-order valence-corrected chi connectivity index (χ1v) is 8.11. The van der Waals surface area contributed by atoms with Crippen molar-refractivity contribution in [2.45, 2.75) is 26.3 Å². The van der Waals surface area contributed by atoms with Gasteiger partial charge in [0.15, 0.2) is 0 Å². The minimum Gasteiger partial charge on any atom is -0.406 e. The van der Waals surface area contributed by atoms with Crippen LogP contribution in [0.5, 0.6) is 5.75 Å². The highest BCUT2D eigenvalue weighted by molar-refractivity contribution is 6.33. The Kier molecular flexibility index (Phi) is 6.31. The van der Waals surface area contributed by atoms with Gasteiger partial charge in [0.1, 0.15) is 5.75 Å². The Morgan fingerprint density at radius 1 is 1.23 bits per heavy atom. The molecule has 0 fully saturated rings. The van der Waals surface area contributed by atoms with Crippen molar-refractivity contribution in [1.82, 2.24) is 0 Å². The average Bonchev–Trinajstić information content (AvgIpc) is 2.53. The van der Waals surface area contributed by atoms with Gasteiger partial charge in [0, 0.05) is 25.2 Å². The van der Waals surface area contributed by atoms with Crippen molar-refractivity contribution in [2.24, 2.45) is 0 Å². The van der Waals surface area contributed by atoms with E-state index in [0.717, 1.165) is 6.42 Å². The molecule has 0 bridgehead atoms. The third kappa shape index (κ3) is 5.52. The van der Waals surface area contributed by atoms with Gasteiger partial charge in [-0.1, -0.05) is 30.7 Å². The summed E-state index contributed by atoms with van der Waals surface area (Å²) in [5, 5.41) is 11.0. The normalized spacial score (nSPS) is 11.3. The molecule has 0 saturated carbocycles. The summed E-state index contributed by atoms with van der Waals surface area (Å²) < 4.78 is 41.1. The van der Waals surface area contributed by atoms with E-state index in [1.54, 1.807) is 6.07 Å². The lowest BCUT2D eigenvalue weighted by Crippen LogP contribution is -2.24. The number of nitrogens with zero attached hydrogens (tertiary/aromatic N) is 2. The maximum absolute atomic E-state index is 12.4. The number of ether oxygens (including phenoxy) is 1. The number of hydrogen-bond donors (Lipinski definition) is 0. The molecule has 2 aromatic carbocycles. The number of halogens is 4. The molecule has 0 amide bonds. The molecule has 0 atom stereocenters. The summed E-state index contributed by atoms with van der Waals surface area (Å²) in [5.74, 6) is -0.304. The molecule has 0 aliphatic carbocycles. The van der Waals surface area contributed by atoms with E-state index in [-0.39, 0.29) is 23.0 Å². The highest BCUT2D eigenvalue weighted by atomic mass is 35.5. The van der Waals surface area contributed by atoms with Gasteiger partial charge in [-0.3, -0.25) is 10.1 Å². The predicted molar refractivity (Wildman–Crippen MR) is 92.6 cm³/mol. The van der Waals surface area contributed by atoms with Crippen molar-refractivity contribution in [3.8, 4) is 5.75 Å². The number of nitro benzene ring substituents is 1. The van der Waals surface area contributed by atoms with Gasteiger partial charge in [0.25, 0.3) is 5.69 Å². The second-order valence-corrected chi connectivity index (χ2v) is 5.92. The lowest BCUT2D eigenvalue weighted by Gasteiger charge is -2.25. The minimum absolute atomic E-state index is 0.129. The fraction of sp³-hybridized carbons (Fsp3) is 0.294. The van der Waals surface area contributed by atoms with Gasteiger partial charge in [-0.25, -0.2) is 0 Å². The maximum atomic E-state index is 12.4. The minimum atomic E-state index is -4.76. The zero-order chi connectivity index (χ0) is 19.3. The van der Waals surface area contributed by atoms with Crippen molar-refractivity contribution in [3.63, 3.8) is 0 Å². The van der Waals surface area contributed by atoms with Crippen LogP contribution >= 0.6 is 11.6 Å². The summed E-state index contributed by atoms with van der Waals surface area (Å²) in [6.45, 7) is 2.79. The van der Waals surface area contributed by atoms with Gasteiger partial charge >= 0.3 is 6.36 Å². The van der Waals surface area contributed by atoms with Crippen LogP contribution in [-0.2, 0) is 6.54 Å². The Balaban J connectivity index is 2.26. The number of benzene rings is 2. The van der Waals surface area contributed by atoms with Gasteiger partial charge in [-0.2, -0.15) is 0 Å². The van der Waals surface area contributed by atoms with Crippen molar-refractivity contribution in [1.29, 1.82) is 0 Å². The fourth-order valence-electron chi connectivity index (χ4n) is 2.48. The largest absolute Gasteiger partial charge is 0.573 e. The number of non-ortho nitro benzene ring substituents is 1. The predicted octanol–water partition coefficient (Wildman–Crippen LogP) is 5.56. The maximum Gasteiger partial charge on any atom is 0.573 e. The van der Waals surface area contributed by atoms with E-state index in [1.807, 2.05) is 11.8 Å². The van der Waals surface area contributed by atoms with E-state index >= 15 is 0 Å². The molecule has 2 aromatic rings. The van der Waals surface area contributed by atoms with Crippen molar-refractivity contribution >= 4 is 23.0 Å². The van der Waals surface area contributed by atoms with Crippen molar-refractivity contribution in [3.05, 3.63) is 63.2 Å². The molecule has 9 heteroatoms. The Morgan fingerprint density at radius 3 is 2.54 bits per heavy atom. The lowest BCUT2D eigenvalue weighted by molar-refractivity contribution is -0.384. The van der Waals surface area contributed by atoms with Gasteiger partial charge in [-0.15, -0.1) is 13.2 Å². The summed E-state index contributed by atoms with van der Waals surface area (Å²) in [7, 11) is 0. The topological polar surface area (TPSA) is 55.6 Å². The number of anilines is 1. The standard InChI is InChI=1S/C17H16ClF3N2O3/c1-2-8-22(16-7-6-13(23(24)25)10-15(16)18)11-12-4-3-5-14(9-12)26-17(19,20)21/h3-7,9-10H,2,8,11H2,1H3. The SMILES string of the molecule is CCCN(Cc1cccc(OC(F)(F)F)c1)c1ccc([N+](=O)[O-])cc1Cl. The molecule has 0 saturated heterocycles. The van der Waals surface area contributed by atoms with Crippen LogP contribution in [0, 0.1) is 10.1 Å². The van der Waals surface area contributed by atoms with Crippen LogP contribution in [0.4, 0.5) is 24.5 Å². The Morgan fingerprint density at radius 2 is 1.96 bits per heavy atom. The molecule has 0 N–H and O–H groups in total. The molecular weight excluding hydrogens is 373 g/mol. The molecule has 0 unspecified atom stereocenters. The summed E-state index contributed by atoms with van der Waals surface area (Å²) in [6, 6.07) is 9.79.